The van der Waals surface area contributed by atoms with Crippen molar-refractivity contribution in [2.24, 2.45) is 5.92 Å². The summed E-state index contributed by atoms with van der Waals surface area (Å²) in [6.45, 7) is 5.34. The lowest BCUT2D eigenvalue weighted by Crippen LogP contribution is -2.46. The van der Waals surface area contributed by atoms with Crippen LogP contribution in [0.15, 0.2) is 0 Å². The topological polar surface area (TPSA) is 86.7 Å². The fourth-order valence-corrected chi connectivity index (χ4v) is 1.99. The number of aliphatic carboxylic acids is 1. The van der Waals surface area contributed by atoms with Gasteiger partial charge >= 0.3 is 5.97 Å². The Kier molecular flexibility index (Phi) is 5.19. The number of hydrogen-bond acceptors (Lipinski definition) is 3. The van der Waals surface area contributed by atoms with Crippen LogP contribution in [0.2, 0.25) is 0 Å². The Morgan fingerprint density at radius 2 is 1.87 bits per heavy atom. The zero-order valence-corrected chi connectivity index (χ0v) is 10.2. The predicted octanol–water partition coefficient (Wildman–Crippen LogP) is -0.118. The van der Waals surface area contributed by atoms with Crippen molar-refractivity contribution in [1.29, 1.82) is 0 Å². The summed E-state index contributed by atoms with van der Waals surface area (Å²) in [7, 11) is -2.46. The monoisotopic (exact) mass is 238 g/mol. The molecule has 0 saturated heterocycles. The van der Waals surface area contributed by atoms with Gasteiger partial charge in [0.05, 0.1) is 0 Å². The van der Waals surface area contributed by atoms with E-state index in [1.54, 1.807) is 0 Å². The van der Waals surface area contributed by atoms with Crippen molar-refractivity contribution in [1.82, 2.24) is 9.03 Å². The summed E-state index contributed by atoms with van der Waals surface area (Å²) in [6.07, 6.45) is 0. The molecule has 6 nitrogen and oxygen atoms in total. The molecule has 1 atom stereocenters. The van der Waals surface area contributed by atoms with Gasteiger partial charge in [0.1, 0.15) is 6.04 Å². The average molecular weight is 238 g/mol. The summed E-state index contributed by atoms with van der Waals surface area (Å²) in [5.41, 5.74) is 0. The second-order valence-electron chi connectivity index (χ2n) is 3.78. The summed E-state index contributed by atoms with van der Waals surface area (Å²) in [6, 6.07) is -1.07. The van der Waals surface area contributed by atoms with Gasteiger partial charge in [0, 0.05) is 13.6 Å². The second-order valence-corrected chi connectivity index (χ2v) is 5.59. The average Bonchev–Trinajstić information content (AvgIpc) is 2.12. The van der Waals surface area contributed by atoms with E-state index in [1.165, 1.54) is 14.0 Å². The predicted molar refractivity (Wildman–Crippen MR) is 56.6 cm³/mol. The van der Waals surface area contributed by atoms with Gasteiger partial charge in [-0.1, -0.05) is 13.8 Å². The van der Waals surface area contributed by atoms with Crippen molar-refractivity contribution < 1.29 is 18.3 Å². The van der Waals surface area contributed by atoms with Crippen LogP contribution in [0.5, 0.6) is 0 Å². The van der Waals surface area contributed by atoms with Gasteiger partial charge in [-0.15, -0.1) is 0 Å². The Hall–Kier alpha value is -0.660. The van der Waals surface area contributed by atoms with Crippen LogP contribution >= 0.6 is 0 Å². The number of nitrogens with zero attached hydrogens (tertiary/aromatic N) is 1. The molecular formula is C8H18N2O4S. The van der Waals surface area contributed by atoms with E-state index in [0.29, 0.717) is 6.54 Å². The van der Waals surface area contributed by atoms with E-state index in [0.717, 1.165) is 4.31 Å². The Morgan fingerprint density at radius 3 is 2.20 bits per heavy atom. The van der Waals surface area contributed by atoms with Crippen molar-refractivity contribution in [3.63, 3.8) is 0 Å². The van der Waals surface area contributed by atoms with Crippen LogP contribution in [-0.2, 0) is 15.0 Å². The molecule has 7 heteroatoms. The van der Waals surface area contributed by atoms with Crippen LogP contribution in [0.1, 0.15) is 20.8 Å². The van der Waals surface area contributed by atoms with E-state index < -0.39 is 22.2 Å². The number of carbonyl (C=O) groups is 1. The summed E-state index contributed by atoms with van der Waals surface area (Å²) in [4.78, 5) is 10.6. The van der Waals surface area contributed by atoms with E-state index in [9.17, 15) is 13.2 Å². The molecule has 0 heterocycles. The third kappa shape index (κ3) is 4.59. The SMILES string of the molecule is CC(C)CNS(=O)(=O)N(C)C(C)C(=O)O. The highest BCUT2D eigenvalue weighted by Gasteiger charge is 2.27. The van der Waals surface area contributed by atoms with Crippen molar-refractivity contribution in [2.45, 2.75) is 26.8 Å². The molecule has 0 rings (SSSR count). The molecule has 0 aliphatic rings. The van der Waals surface area contributed by atoms with Gasteiger partial charge in [-0.25, -0.2) is 4.72 Å². The van der Waals surface area contributed by atoms with Crippen molar-refractivity contribution in [3.8, 4) is 0 Å². The molecule has 0 spiro atoms. The first-order chi connectivity index (χ1) is 6.68. The first-order valence-corrected chi connectivity index (χ1v) is 6.08. The number of rotatable bonds is 6. The summed E-state index contributed by atoms with van der Waals surface area (Å²) in [5.74, 6) is -0.999. The van der Waals surface area contributed by atoms with Crippen molar-refractivity contribution >= 4 is 16.2 Å². The summed E-state index contributed by atoms with van der Waals surface area (Å²) < 4.78 is 26.2. The molecule has 0 bridgehead atoms. The number of hydrogen-bond donors (Lipinski definition) is 2. The van der Waals surface area contributed by atoms with Gasteiger partial charge in [0.25, 0.3) is 10.2 Å². The normalized spacial score (nSPS) is 14.5. The lowest BCUT2D eigenvalue weighted by Gasteiger charge is -2.21. The Morgan fingerprint density at radius 1 is 1.40 bits per heavy atom. The number of carboxylic acid groups (broad SMARTS) is 1. The minimum atomic E-state index is -3.70. The quantitative estimate of drug-likeness (QED) is 0.675. The number of likely N-dealkylation sites (N-methyl/N-ethyl adjacent to an activating group) is 1. The van der Waals surface area contributed by atoms with E-state index in [-0.39, 0.29) is 5.92 Å². The van der Waals surface area contributed by atoms with E-state index >= 15 is 0 Å². The zero-order valence-electron chi connectivity index (χ0n) is 9.39. The molecule has 0 saturated carbocycles. The van der Waals surface area contributed by atoms with Crippen LogP contribution in [-0.4, -0.2) is 43.4 Å². The minimum Gasteiger partial charge on any atom is -0.480 e. The molecule has 0 amide bonds. The van der Waals surface area contributed by atoms with Crippen molar-refractivity contribution in [2.75, 3.05) is 13.6 Å². The maximum Gasteiger partial charge on any atom is 0.321 e. The van der Waals surface area contributed by atoms with E-state index in [4.69, 9.17) is 5.11 Å². The molecular weight excluding hydrogens is 220 g/mol. The van der Waals surface area contributed by atoms with Gasteiger partial charge in [0.15, 0.2) is 0 Å². The standard InChI is InChI=1S/C8H18N2O4S/c1-6(2)5-9-15(13,14)10(4)7(3)8(11)12/h6-7,9H,5H2,1-4H3,(H,11,12). The van der Waals surface area contributed by atoms with Gasteiger partial charge < -0.3 is 5.11 Å². The van der Waals surface area contributed by atoms with Crippen LogP contribution < -0.4 is 4.72 Å². The highest BCUT2D eigenvalue weighted by atomic mass is 32.2. The molecule has 0 fully saturated rings. The van der Waals surface area contributed by atoms with E-state index in [1.807, 2.05) is 13.8 Å². The third-order valence-corrected chi connectivity index (χ3v) is 3.56. The Bertz CT molecular complexity index is 313. The van der Waals surface area contributed by atoms with Gasteiger partial charge in [-0.3, -0.25) is 4.79 Å². The highest BCUT2D eigenvalue weighted by molar-refractivity contribution is 7.87. The number of nitrogens with one attached hydrogen (secondary N) is 1. The zero-order chi connectivity index (χ0) is 12.2. The van der Waals surface area contributed by atoms with Gasteiger partial charge in [-0.05, 0) is 12.8 Å². The van der Waals surface area contributed by atoms with Crippen LogP contribution in [0.3, 0.4) is 0 Å². The molecule has 0 aliphatic carbocycles. The Balaban J connectivity index is 4.52. The van der Waals surface area contributed by atoms with Crippen molar-refractivity contribution in [3.05, 3.63) is 0 Å². The molecule has 90 valence electrons. The summed E-state index contributed by atoms with van der Waals surface area (Å²) in [5, 5.41) is 8.66. The smallest absolute Gasteiger partial charge is 0.321 e. The Labute approximate surface area is 90.5 Å². The molecule has 0 aliphatic heterocycles. The largest absolute Gasteiger partial charge is 0.480 e. The number of carboxylic acids is 1. The fourth-order valence-electron chi connectivity index (χ4n) is 0.737. The lowest BCUT2D eigenvalue weighted by molar-refractivity contribution is -0.140. The lowest BCUT2D eigenvalue weighted by atomic mass is 10.2. The highest BCUT2D eigenvalue weighted by Crippen LogP contribution is 2.02. The third-order valence-electron chi connectivity index (χ3n) is 1.96. The summed E-state index contributed by atoms with van der Waals surface area (Å²) >= 11 is 0. The molecule has 0 radical (unpaired) electrons. The molecule has 0 aromatic heterocycles. The first-order valence-electron chi connectivity index (χ1n) is 4.64. The van der Waals surface area contributed by atoms with Crippen LogP contribution in [0, 0.1) is 5.92 Å². The van der Waals surface area contributed by atoms with E-state index in [2.05, 4.69) is 4.72 Å². The van der Waals surface area contributed by atoms with Gasteiger partial charge in [-0.2, -0.15) is 12.7 Å². The molecule has 1 unspecified atom stereocenters. The molecule has 2 N–H and O–H groups in total. The first kappa shape index (κ1) is 14.3. The van der Waals surface area contributed by atoms with Gasteiger partial charge in [0.2, 0.25) is 0 Å². The van der Waals surface area contributed by atoms with Crippen LogP contribution in [0.25, 0.3) is 0 Å². The fraction of sp³-hybridized carbons (Fsp3) is 0.875. The van der Waals surface area contributed by atoms with Crippen LogP contribution in [0.4, 0.5) is 0 Å². The maximum absolute atomic E-state index is 11.5. The maximum atomic E-state index is 11.5. The minimum absolute atomic E-state index is 0.174. The molecule has 0 aromatic rings. The molecule has 15 heavy (non-hydrogen) atoms. The second kappa shape index (κ2) is 5.43. The molecule has 0 aromatic carbocycles.